The van der Waals surface area contributed by atoms with Crippen LogP contribution in [-0.2, 0) is 4.79 Å². The Morgan fingerprint density at radius 1 is 1.27 bits per heavy atom. The van der Waals surface area contributed by atoms with E-state index in [0.29, 0.717) is 11.7 Å². The van der Waals surface area contributed by atoms with Gasteiger partial charge in [-0.15, -0.1) is 0 Å². The number of hydrogen-bond acceptors (Lipinski definition) is 3. The second kappa shape index (κ2) is 9.40. The van der Waals surface area contributed by atoms with Gasteiger partial charge in [0.1, 0.15) is 0 Å². The largest absolute Gasteiger partial charge is 0.354 e. The number of amides is 1. The van der Waals surface area contributed by atoms with Crippen LogP contribution in [0.5, 0.6) is 0 Å². The maximum atomic E-state index is 11.3. The molecule has 0 fully saturated rings. The van der Waals surface area contributed by atoms with Gasteiger partial charge >= 0.3 is 0 Å². The van der Waals surface area contributed by atoms with E-state index in [2.05, 4.69) is 30.6 Å². The first kappa shape index (κ1) is 15.2. The summed E-state index contributed by atoms with van der Waals surface area (Å²) in [4.78, 5) is 11.3. The van der Waals surface area contributed by atoms with E-state index in [1.807, 2.05) is 13.8 Å². The highest BCUT2D eigenvalue weighted by molar-refractivity contribution is 7.81. The zero-order valence-corrected chi connectivity index (χ0v) is 11.5. The number of nitrogens with one attached hydrogen (secondary N) is 1. The van der Waals surface area contributed by atoms with Crippen molar-refractivity contribution in [3.8, 4) is 0 Å². The molecule has 1 N–H and O–H groups in total. The van der Waals surface area contributed by atoms with E-state index >= 15 is 0 Å². The molecule has 4 heteroatoms. The van der Waals surface area contributed by atoms with Crippen LogP contribution in [0.25, 0.3) is 0 Å². The second-order valence-electron chi connectivity index (χ2n) is 4.13. The topological polar surface area (TPSA) is 29.1 Å². The Balaban J connectivity index is 3.34. The minimum atomic E-state index is 0.162. The molecule has 0 aromatic rings. The van der Waals surface area contributed by atoms with Gasteiger partial charge in [-0.2, -0.15) is 25.3 Å². The molecule has 0 radical (unpaired) electrons. The van der Waals surface area contributed by atoms with Gasteiger partial charge in [-0.1, -0.05) is 6.42 Å². The van der Waals surface area contributed by atoms with E-state index in [9.17, 15) is 4.79 Å². The maximum Gasteiger partial charge on any atom is 0.220 e. The summed E-state index contributed by atoms with van der Waals surface area (Å²) >= 11 is 8.60. The van der Waals surface area contributed by atoms with Crippen LogP contribution in [0.1, 0.15) is 46.0 Å². The van der Waals surface area contributed by atoms with Gasteiger partial charge in [0.25, 0.3) is 0 Å². The van der Waals surface area contributed by atoms with E-state index < -0.39 is 0 Å². The average molecular weight is 249 g/mol. The molecule has 2 nitrogen and oxygen atoms in total. The summed E-state index contributed by atoms with van der Waals surface area (Å²) in [5.74, 6) is 1.05. The molecule has 0 aliphatic rings. The Labute approximate surface area is 104 Å². The molecular formula is C11H23NOS2. The van der Waals surface area contributed by atoms with Crippen molar-refractivity contribution in [3.63, 3.8) is 0 Å². The summed E-state index contributed by atoms with van der Waals surface area (Å²) in [7, 11) is 0. The highest BCUT2D eigenvalue weighted by Crippen LogP contribution is 2.12. The lowest BCUT2D eigenvalue weighted by Gasteiger charge is -2.10. The minimum absolute atomic E-state index is 0.162. The van der Waals surface area contributed by atoms with Crippen LogP contribution in [0, 0.1) is 0 Å². The Kier molecular flexibility index (Phi) is 9.51. The summed E-state index contributed by atoms with van der Waals surface area (Å²) < 4.78 is 0. The van der Waals surface area contributed by atoms with Crippen molar-refractivity contribution < 1.29 is 4.79 Å². The fourth-order valence-electron chi connectivity index (χ4n) is 1.35. The molecule has 0 aromatic carbocycles. The number of carbonyl (C=O) groups excluding carboxylic acids is 1. The molecule has 0 saturated heterocycles. The molecule has 0 bridgehead atoms. The van der Waals surface area contributed by atoms with Crippen molar-refractivity contribution in [2.45, 2.75) is 57.2 Å². The normalized spacial score (nSPS) is 12.9. The summed E-state index contributed by atoms with van der Waals surface area (Å²) in [5, 5.41) is 3.33. The van der Waals surface area contributed by atoms with Crippen molar-refractivity contribution in [3.05, 3.63) is 0 Å². The number of hydrogen-bond donors (Lipinski definition) is 3. The van der Waals surface area contributed by atoms with Gasteiger partial charge in [0, 0.05) is 17.7 Å². The quantitative estimate of drug-likeness (QED) is 0.448. The van der Waals surface area contributed by atoms with Gasteiger partial charge in [-0.05, 0) is 38.9 Å². The summed E-state index contributed by atoms with van der Waals surface area (Å²) in [6.07, 6.45) is 4.80. The van der Waals surface area contributed by atoms with E-state index in [0.717, 1.165) is 31.4 Å². The van der Waals surface area contributed by atoms with Gasteiger partial charge in [-0.3, -0.25) is 4.79 Å². The molecule has 1 atom stereocenters. The monoisotopic (exact) mass is 249 g/mol. The van der Waals surface area contributed by atoms with Crippen LogP contribution in [0.2, 0.25) is 0 Å². The lowest BCUT2D eigenvalue weighted by Crippen LogP contribution is -2.29. The van der Waals surface area contributed by atoms with Crippen LogP contribution in [-0.4, -0.2) is 23.0 Å². The van der Waals surface area contributed by atoms with Gasteiger partial charge in [0.2, 0.25) is 5.91 Å². The van der Waals surface area contributed by atoms with Crippen LogP contribution in [0.4, 0.5) is 0 Å². The maximum absolute atomic E-state index is 11.3. The number of carbonyl (C=O) groups is 1. The molecule has 1 amide bonds. The first-order valence-corrected chi connectivity index (χ1v) is 6.79. The summed E-state index contributed by atoms with van der Waals surface area (Å²) in [5.41, 5.74) is 0. The Morgan fingerprint density at radius 3 is 2.47 bits per heavy atom. The Hall–Kier alpha value is 0.170. The van der Waals surface area contributed by atoms with Crippen molar-refractivity contribution in [1.29, 1.82) is 0 Å². The fourth-order valence-corrected chi connectivity index (χ4v) is 2.18. The van der Waals surface area contributed by atoms with Crippen molar-refractivity contribution in [2.75, 3.05) is 5.75 Å². The molecule has 0 saturated carbocycles. The van der Waals surface area contributed by atoms with Gasteiger partial charge in [0.15, 0.2) is 0 Å². The number of rotatable bonds is 8. The molecule has 15 heavy (non-hydrogen) atoms. The molecule has 0 rings (SSSR count). The highest BCUT2D eigenvalue weighted by Gasteiger charge is 2.04. The molecule has 0 aromatic heterocycles. The van der Waals surface area contributed by atoms with Crippen molar-refractivity contribution in [1.82, 2.24) is 5.32 Å². The van der Waals surface area contributed by atoms with Crippen LogP contribution >= 0.6 is 25.3 Å². The minimum Gasteiger partial charge on any atom is -0.354 e. The Morgan fingerprint density at radius 2 is 1.93 bits per heavy atom. The van der Waals surface area contributed by atoms with Gasteiger partial charge < -0.3 is 5.32 Å². The van der Waals surface area contributed by atoms with Crippen molar-refractivity contribution in [2.24, 2.45) is 0 Å². The zero-order valence-electron chi connectivity index (χ0n) is 9.70. The van der Waals surface area contributed by atoms with E-state index in [-0.39, 0.29) is 11.9 Å². The molecule has 0 spiro atoms. The van der Waals surface area contributed by atoms with E-state index in [4.69, 9.17) is 0 Å². The second-order valence-corrected chi connectivity index (χ2v) is 5.31. The van der Waals surface area contributed by atoms with Gasteiger partial charge in [-0.25, -0.2) is 0 Å². The molecule has 0 aliphatic heterocycles. The van der Waals surface area contributed by atoms with E-state index in [1.165, 1.54) is 0 Å². The van der Waals surface area contributed by atoms with Crippen molar-refractivity contribution >= 4 is 31.2 Å². The lowest BCUT2D eigenvalue weighted by atomic mass is 10.1. The predicted octanol–water partition coefficient (Wildman–Crippen LogP) is 2.69. The third kappa shape index (κ3) is 10.5. The molecular weight excluding hydrogens is 226 g/mol. The highest BCUT2D eigenvalue weighted by atomic mass is 32.1. The third-order valence-electron chi connectivity index (χ3n) is 2.10. The summed E-state index contributed by atoms with van der Waals surface area (Å²) in [6, 6.07) is 0.249. The molecule has 1 unspecified atom stereocenters. The van der Waals surface area contributed by atoms with Crippen LogP contribution in [0.3, 0.4) is 0 Å². The first-order valence-electron chi connectivity index (χ1n) is 5.64. The summed E-state index contributed by atoms with van der Waals surface area (Å²) in [6.45, 7) is 3.96. The SMILES string of the molecule is CC(C)NC(=O)CCCCC(S)CCS. The average Bonchev–Trinajstić information content (AvgIpc) is 2.12. The molecule has 0 aliphatic carbocycles. The number of thiol groups is 2. The third-order valence-corrected chi connectivity index (χ3v) is 2.88. The lowest BCUT2D eigenvalue weighted by molar-refractivity contribution is -0.121. The van der Waals surface area contributed by atoms with E-state index in [1.54, 1.807) is 0 Å². The van der Waals surface area contributed by atoms with Crippen LogP contribution < -0.4 is 5.32 Å². The zero-order chi connectivity index (χ0) is 11.7. The first-order chi connectivity index (χ1) is 7.06. The molecule has 0 heterocycles. The number of unbranched alkanes of at least 4 members (excludes halogenated alkanes) is 1. The molecule has 90 valence electrons. The van der Waals surface area contributed by atoms with Gasteiger partial charge in [0.05, 0.1) is 0 Å². The predicted molar refractivity (Wildman–Crippen MR) is 73.0 cm³/mol. The fraction of sp³-hybridized carbons (Fsp3) is 0.909. The smallest absolute Gasteiger partial charge is 0.220 e. The standard InChI is InChI=1S/C11H23NOS2/c1-9(2)12-11(13)6-4-3-5-10(15)7-8-14/h9-10,14-15H,3-8H2,1-2H3,(H,12,13). The Bertz CT molecular complexity index is 174. The van der Waals surface area contributed by atoms with Crippen LogP contribution in [0.15, 0.2) is 0 Å².